The molecule has 1 aliphatic rings. The number of halogens is 2. The number of nitrogens with one attached hydrogen (secondary N) is 2. The summed E-state index contributed by atoms with van der Waals surface area (Å²) in [5, 5.41) is 14.0. The van der Waals surface area contributed by atoms with Crippen LogP contribution in [-0.2, 0) is 11.2 Å². The summed E-state index contributed by atoms with van der Waals surface area (Å²) in [6.45, 7) is 1.63. The van der Waals surface area contributed by atoms with Crippen molar-refractivity contribution < 1.29 is 28.3 Å². The fourth-order valence-electron chi connectivity index (χ4n) is 4.21. The SMILES string of the molecule is CC1(CC(=O)O)CCc2cc(-c3cc(F)c(NC(=O)Nc4ccccc4)cc3F)ccc2C1=O. The highest BCUT2D eigenvalue weighted by Crippen LogP contribution is 2.39. The van der Waals surface area contributed by atoms with Crippen LogP contribution >= 0.6 is 0 Å². The molecule has 3 aromatic carbocycles. The van der Waals surface area contributed by atoms with E-state index >= 15 is 0 Å². The Morgan fingerprint density at radius 1 is 0.971 bits per heavy atom. The van der Waals surface area contributed by atoms with E-state index < -0.39 is 29.0 Å². The lowest BCUT2D eigenvalue weighted by Gasteiger charge is -2.32. The number of aryl methyl sites for hydroxylation is 1. The molecule has 0 spiro atoms. The number of carbonyl (C=O) groups is 3. The van der Waals surface area contributed by atoms with Crippen LogP contribution in [0.2, 0.25) is 0 Å². The maximum Gasteiger partial charge on any atom is 0.323 e. The topological polar surface area (TPSA) is 95.5 Å². The predicted molar refractivity (Wildman–Crippen MR) is 124 cm³/mol. The molecule has 3 N–H and O–H groups in total. The first-order valence-corrected chi connectivity index (χ1v) is 10.7. The van der Waals surface area contributed by atoms with E-state index in [0.29, 0.717) is 35.2 Å². The second-order valence-electron chi connectivity index (χ2n) is 8.59. The molecule has 8 heteroatoms. The number of urea groups is 1. The number of amides is 2. The Bertz CT molecular complexity index is 1290. The van der Waals surface area contributed by atoms with Crippen LogP contribution in [0.25, 0.3) is 11.1 Å². The minimum Gasteiger partial charge on any atom is -0.481 e. The highest BCUT2D eigenvalue weighted by molar-refractivity contribution is 6.04. The maximum absolute atomic E-state index is 14.9. The molecule has 1 aliphatic carbocycles. The number of ketones is 1. The van der Waals surface area contributed by atoms with Crippen molar-refractivity contribution in [2.24, 2.45) is 5.41 Å². The molecule has 1 unspecified atom stereocenters. The van der Waals surface area contributed by atoms with Crippen LogP contribution in [-0.4, -0.2) is 22.9 Å². The number of para-hydroxylation sites is 1. The van der Waals surface area contributed by atoms with Gasteiger partial charge in [0.25, 0.3) is 0 Å². The van der Waals surface area contributed by atoms with Gasteiger partial charge in [0.1, 0.15) is 11.6 Å². The molecule has 0 bridgehead atoms. The van der Waals surface area contributed by atoms with E-state index in [-0.39, 0.29) is 23.5 Å². The molecule has 0 radical (unpaired) electrons. The Balaban J connectivity index is 1.56. The largest absolute Gasteiger partial charge is 0.481 e. The molecular formula is C26H22F2N2O4. The number of anilines is 2. The van der Waals surface area contributed by atoms with Crippen molar-refractivity contribution in [2.75, 3.05) is 10.6 Å². The van der Waals surface area contributed by atoms with Crippen molar-refractivity contribution in [3.63, 3.8) is 0 Å². The Kier molecular flexibility index (Phi) is 6.15. The summed E-state index contributed by atoms with van der Waals surface area (Å²) in [4.78, 5) is 36.2. The van der Waals surface area contributed by atoms with Gasteiger partial charge in [-0.1, -0.05) is 43.3 Å². The number of aliphatic carboxylic acids is 1. The Morgan fingerprint density at radius 2 is 1.71 bits per heavy atom. The smallest absolute Gasteiger partial charge is 0.323 e. The van der Waals surface area contributed by atoms with Gasteiger partial charge in [0.2, 0.25) is 0 Å². The normalized spacial score (nSPS) is 17.1. The Labute approximate surface area is 194 Å². The molecule has 34 heavy (non-hydrogen) atoms. The third-order valence-electron chi connectivity index (χ3n) is 6.03. The number of rotatable bonds is 5. The van der Waals surface area contributed by atoms with Gasteiger partial charge in [-0.05, 0) is 42.2 Å². The fourth-order valence-corrected chi connectivity index (χ4v) is 4.21. The molecule has 4 rings (SSSR count). The summed E-state index contributed by atoms with van der Waals surface area (Å²) in [6, 6.07) is 14.4. The van der Waals surface area contributed by atoms with Crippen molar-refractivity contribution in [2.45, 2.75) is 26.2 Å². The molecule has 3 aromatic rings. The van der Waals surface area contributed by atoms with Crippen molar-refractivity contribution >= 4 is 29.2 Å². The molecular weight excluding hydrogens is 442 g/mol. The van der Waals surface area contributed by atoms with Gasteiger partial charge in [-0.25, -0.2) is 13.6 Å². The number of Topliss-reactive ketones (excluding diaryl/α,β-unsaturated/α-hetero) is 1. The molecule has 174 valence electrons. The zero-order chi connectivity index (χ0) is 24.5. The maximum atomic E-state index is 14.9. The number of carboxylic acid groups (broad SMARTS) is 1. The minimum atomic E-state index is -1.04. The number of hydrogen-bond acceptors (Lipinski definition) is 3. The van der Waals surface area contributed by atoms with E-state index in [0.717, 1.165) is 12.1 Å². The van der Waals surface area contributed by atoms with Gasteiger partial charge in [-0.2, -0.15) is 0 Å². The van der Waals surface area contributed by atoms with Crippen molar-refractivity contribution in [1.29, 1.82) is 0 Å². The number of fused-ring (bicyclic) bond motifs is 1. The highest BCUT2D eigenvalue weighted by Gasteiger charge is 2.40. The zero-order valence-corrected chi connectivity index (χ0v) is 18.3. The fraction of sp³-hybridized carbons (Fsp3) is 0.192. The van der Waals surface area contributed by atoms with Crippen LogP contribution in [0.1, 0.15) is 35.7 Å². The number of carboxylic acids is 1. The van der Waals surface area contributed by atoms with Gasteiger partial charge < -0.3 is 15.7 Å². The summed E-state index contributed by atoms with van der Waals surface area (Å²) in [6.07, 6.45) is 0.534. The number of benzene rings is 3. The van der Waals surface area contributed by atoms with Crippen LogP contribution in [0.3, 0.4) is 0 Å². The molecule has 0 aliphatic heterocycles. The van der Waals surface area contributed by atoms with E-state index in [1.807, 2.05) is 0 Å². The van der Waals surface area contributed by atoms with Crippen LogP contribution in [0, 0.1) is 17.0 Å². The molecule has 6 nitrogen and oxygen atoms in total. The Hall–Kier alpha value is -4.07. The van der Waals surface area contributed by atoms with E-state index in [1.54, 1.807) is 43.3 Å². The van der Waals surface area contributed by atoms with Crippen molar-refractivity contribution in [3.8, 4) is 11.1 Å². The van der Waals surface area contributed by atoms with Crippen LogP contribution < -0.4 is 10.6 Å². The summed E-state index contributed by atoms with van der Waals surface area (Å²) in [5.74, 6) is -2.87. The quantitative estimate of drug-likeness (QED) is 0.439. The van der Waals surface area contributed by atoms with Gasteiger partial charge in [0.05, 0.1) is 12.1 Å². The molecule has 0 heterocycles. The van der Waals surface area contributed by atoms with Crippen LogP contribution in [0.15, 0.2) is 60.7 Å². The second kappa shape index (κ2) is 9.05. The lowest BCUT2D eigenvalue weighted by molar-refractivity contribution is -0.139. The summed E-state index contributed by atoms with van der Waals surface area (Å²) < 4.78 is 29.6. The van der Waals surface area contributed by atoms with Crippen molar-refractivity contribution in [1.82, 2.24) is 0 Å². The van der Waals surface area contributed by atoms with Gasteiger partial charge >= 0.3 is 12.0 Å². The molecule has 2 amide bonds. The lowest BCUT2D eigenvalue weighted by Crippen LogP contribution is -2.35. The first kappa shape index (κ1) is 23.1. The third kappa shape index (κ3) is 4.66. The highest BCUT2D eigenvalue weighted by atomic mass is 19.1. The second-order valence-corrected chi connectivity index (χ2v) is 8.59. The van der Waals surface area contributed by atoms with Gasteiger partial charge in [0.15, 0.2) is 5.78 Å². The van der Waals surface area contributed by atoms with Gasteiger partial charge in [0, 0.05) is 28.3 Å². The number of hydrogen-bond donors (Lipinski definition) is 3. The minimum absolute atomic E-state index is 0.0133. The van der Waals surface area contributed by atoms with Gasteiger partial charge in [-0.3, -0.25) is 9.59 Å². The van der Waals surface area contributed by atoms with Gasteiger partial charge in [-0.15, -0.1) is 0 Å². The summed E-state index contributed by atoms with van der Waals surface area (Å²) in [7, 11) is 0. The zero-order valence-electron chi connectivity index (χ0n) is 18.3. The number of carbonyl (C=O) groups excluding carboxylic acids is 2. The first-order valence-electron chi connectivity index (χ1n) is 10.7. The molecule has 0 saturated carbocycles. The molecule has 0 saturated heterocycles. The molecule has 1 atom stereocenters. The lowest BCUT2D eigenvalue weighted by atomic mass is 9.69. The molecule has 0 fully saturated rings. The average molecular weight is 464 g/mol. The van der Waals surface area contributed by atoms with Crippen LogP contribution in [0.4, 0.5) is 25.0 Å². The van der Waals surface area contributed by atoms with E-state index in [9.17, 15) is 23.2 Å². The predicted octanol–water partition coefficient (Wildman–Crippen LogP) is 5.89. The van der Waals surface area contributed by atoms with E-state index in [2.05, 4.69) is 10.6 Å². The average Bonchev–Trinajstić information content (AvgIpc) is 2.79. The Morgan fingerprint density at radius 3 is 2.41 bits per heavy atom. The first-order chi connectivity index (χ1) is 16.2. The molecule has 0 aromatic heterocycles. The van der Waals surface area contributed by atoms with E-state index in [4.69, 9.17) is 5.11 Å². The standard InChI is InChI=1S/C26H22F2N2O4/c1-26(14-23(31)32)10-9-16-11-15(7-8-18(16)24(26)33)19-12-21(28)22(13-20(19)27)30-25(34)29-17-5-3-2-4-6-17/h2-8,11-13H,9-10,14H2,1H3,(H,31,32)(H2,29,30,34). The monoisotopic (exact) mass is 464 g/mol. The van der Waals surface area contributed by atoms with E-state index in [1.165, 1.54) is 12.1 Å². The summed E-state index contributed by atoms with van der Waals surface area (Å²) in [5.41, 5.74) is 0.620. The van der Waals surface area contributed by atoms with Crippen LogP contribution in [0.5, 0.6) is 0 Å². The third-order valence-corrected chi connectivity index (χ3v) is 6.03. The van der Waals surface area contributed by atoms with Crippen molar-refractivity contribution in [3.05, 3.63) is 83.4 Å². The summed E-state index contributed by atoms with van der Waals surface area (Å²) >= 11 is 0.